The summed E-state index contributed by atoms with van der Waals surface area (Å²) in [6.07, 6.45) is 2.17. The zero-order chi connectivity index (χ0) is 77.4. The number of unbranched alkanes of at least 4 members (excludes halogenated alkanes) is 1. The quantitative estimate of drug-likeness (QED) is 0.0167. The summed E-state index contributed by atoms with van der Waals surface area (Å²) in [6, 6.07) is 1.93. The first-order valence-electron chi connectivity index (χ1n) is 35.1. The Balaban J connectivity index is 1.99. The Morgan fingerprint density at radius 2 is 0.904 bits per heavy atom. The van der Waals surface area contributed by atoms with Crippen molar-refractivity contribution in [3.05, 3.63) is 65.7 Å². The number of carbonyl (C=O) groups is 11. The summed E-state index contributed by atoms with van der Waals surface area (Å²) in [5, 5.41) is 34.0. The number of rotatable bonds is 48. The van der Waals surface area contributed by atoms with Crippen LogP contribution in [0.3, 0.4) is 0 Å². The topological polar surface area (TPSA) is 655 Å². The first kappa shape index (κ1) is 87.6. The number of nitrogens with one attached hydrogen (secondary N) is 9. The van der Waals surface area contributed by atoms with Gasteiger partial charge in [-0.1, -0.05) is 76.6 Å². The normalized spacial score (nSPS) is 15.3. The molecule has 104 heavy (non-hydrogen) atoms. The average molecular weight is 1460 g/mol. The van der Waals surface area contributed by atoms with Crippen LogP contribution in [0.25, 0.3) is 0 Å². The molecular weight excluding hydrogens is 1350 g/mol. The summed E-state index contributed by atoms with van der Waals surface area (Å²) < 4.78 is 0. The Labute approximate surface area is 606 Å². The molecule has 2 aromatic rings. The predicted molar refractivity (Wildman–Crippen MR) is 394 cm³/mol. The number of nitrogens with zero attached hydrogens (tertiary/aromatic N) is 5. The molecule has 0 radical (unpaired) electrons. The van der Waals surface area contributed by atoms with Crippen molar-refractivity contribution < 1.29 is 57.8 Å². The van der Waals surface area contributed by atoms with Crippen molar-refractivity contribution in [1.82, 2.24) is 52.8 Å². The molecule has 1 aliphatic rings. The molecule has 0 unspecified atom stereocenters. The lowest BCUT2D eigenvalue weighted by Gasteiger charge is -2.30. The first-order valence-corrected chi connectivity index (χ1v) is 35.1. The van der Waals surface area contributed by atoms with E-state index in [0.717, 1.165) is 0 Å². The average Bonchev–Trinajstić information content (AvgIpc) is 1.64. The van der Waals surface area contributed by atoms with Gasteiger partial charge in [-0.05, 0) is 138 Å². The summed E-state index contributed by atoms with van der Waals surface area (Å²) in [5.74, 6) is -10.4. The molecule has 1 aliphatic heterocycles. The van der Waals surface area contributed by atoms with Gasteiger partial charge in [-0.25, -0.2) is 0 Å². The Hall–Kier alpha value is -10.6. The number of hydrogen-bond donors (Lipinski definition) is 21. The number of benzene rings is 2. The maximum Gasteiger partial charge on any atom is 0.243 e. The highest BCUT2D eigenvalue weighted by atomic mass is 16.3. The van der Waals surface area contributed by atoms with Gasteiger partial charge in [0.1, 0.15) is 60.1 Å². The molecular formula is C67H113N25O12. The van der Waals surface area contributed by atoms with Crippen molar-refractivity contribution in [2.75, 3.05) is 45.8 Å². The molecule has 32 N–H and O–H groups in total. The van der Waals surface area contributed by atoms with Crippen LogP contribution in [0.15, 0.2) is 74.6 Å². The van der Waals surface area contributed by atoms with Gasteiger partial charge < -0.3 is 121 Å². The van der Waals surface area contributed by atoms with E-state index in [9.17, 15) is 57.8 Å². The van der Waals surface area contributed by atoms with E-state index in [-0.39, 0.29) is 158 Å². The molecule has 0 bridgehead atoms. The number of hydrogen-bond acceptors (Lipinski definition) is 18. The van der Waals surface area contributed by atoms with Crippen LogP contribution in [0.5, 0.6) is 5.75 Å². The first-order chi connectivity index (χ1) is 49.3. The molecule has 0 aromatic heterocycles. The standard InChI is InChI=1S/C67H113N25O12/c1-5-39(4)53(63(104)88-47(21-13-31-81-66(75)76)58(99)85-45(19-11-29-79-64(71)72)56(97)84-44(54(70)95)18-9-10-28-68)91-59(100)48(22-14-32-82-67(77)78)86-57(98)46(20-12-30-80-65(73)74)87-60(101)49(34-38(2)3)89-61(102)50(36-40-16-7-6-8-17-40)90-62(103)51-23-15-33-92(51)52(94)37-83-55(96)43(69)35-41-24-26-42(93)27-25-41/h6-8,16-17,24-27,38-39,43-51,53,93H,5,9-15,18-23,28-37,68-69H2,1-4H3,(H2,70,95)(H,83,96)(H,84,97)(H,85,99)(H,86,98)(H,87,101)(H,88,104)(H,89,102)(H,90,103)(H,91,100)(H4,71,72,79)(H4,73,74,80)(H4,75,76,81)(H4,77,78,82)/t39-,43-,44-,45-,46-,47-,48-,49-,50-,51-,53-/m0/s1. The highest BCUT2D eigenvalue weighted by Crippen LogP contribution is 2.20. The van der Waals surface area contributed by atoms with Gasteiger partial charge in [0.05, 0.1) is 12.6 Å². The van der Waals surface area contributed by atoms with Crippen molar-refractivity contribution in [2.24, 2.45) is 94.9 Å². The van der Waals surface area contributed by atoms with Crippen molar-refractivity contribution >= 4 is 88.8 Å². The Morgan fingerprint density at radius 3 is 1.35 bits per heavy atom. The molecule has 37 nitrogen and oxygen atoms in total. The summed E-state index contributed by atoms with van der Waals surface area (Å²) in [6.45, 7) is 7.06. The van der Waals surface area contributed by atoms with E-state index in [1.54, 1.807) is 70.2 Å². The molecule has 1 heterocycles. The van der Waals surface area contributed by atoms with Crippen LogP contribution < -0.4 is 111 Å². The number of aromatic hydroxyl groups is 1. The number of aliphatic imine (C=N–C) groups is 4. The number of nitrogens with two attached hydrogens (primary N) is 11. The van der Waals surface area contributed by atoms with E-state index in [1.807, 2.05) is 0 Å². The SMILES string of the molecule is CC[C@H](C)[C@H](NC(=O)[C@H](CCCN=C(N)N)NC(=O)[C@H](CCCN=C(N)N)NC(=O)[C@H](CC(C)C)NC(=O)[C@H](Cc1ccccc1)NC(=O)[C@@H]1CCCN1C(=O)CNC(=O)[C@@H](N)Cc1ccc(O)cc1)C(=O)N[C@@H](CCCN=C(N)N)C(=O)N[C@@H](CCCN=C(N)N)C(=O)N[C@@H](CCCCN)C(N)=O. The largest absolute Gasteiger partial charge is 0.508 e. The number of carbonyl (C=O) groups excluding carboxylic acids is 11. The van der Waals surface area contributed by atoms with Crippen LogP contribution in [-0.2, 0) is 65.6 Å². The third-order valence-electron chi connectivity index (χ3n) is 17.0. The predicted octanol–water partition coefficient (Wildman–Crippen LogP) is -5.59. The molecule has 0 aliphatic carbocycles. The lowest BCUT2D eigenvalue weighted by atomic mass is 9.96. The highest BCUT2D eigenvalue weighted by Gasteiger charge is 2.39. The van der Waals surface area contributed by atoms with Gasteiger partial charge in [0, 0.05) is 39.1 Å². The number of primary amides is 1. The smallest absolute Gasteiger partial charge is 0.243 e. The maximum absolute atomic E-state index is 14.9. The fourth-order valence-electron chi connectivity index (χ4n) is 11.2. The van der Waals surface area contributed by atoms with Crippen LogP contribution in [0.4, 0.5) is 0 Å². The third kappa shape index (κ3) is 33.5. The van der Waals surface area contributed by atoms with E-state index in [0.29, 0.717) is 36.9 Å². The van der Waals surface area contributed by atoms with Crippen LogP contribution in [0, 0.1) is 11.8 Å². The monoisotopic (exact) mass is 1460 g/mol. The molecule has 1 saturated heterocycles. The second kappa shape index (κ2) is 46.8. The lowest BCUT2D eigenvalue weighted by molar-refractivity contribution is -0.140. The van der Waals surface area contributed by atoms with E-state index in [2.05, 4.69) is 67.8 Å². The second-order valence-electron chi connectivity index (χ2n) is 26.0. The molecule has 2 aromatic carbocycles. The van der Waals surface area contributed by atoms with Gasteiger partial charge in [0.2, 0.25) is 65.0 Å². The molecule has 0 saturated carbocycles. The molecule has 3 rings (SSSR count). The number of likely N-dealkylation sites (tertiary alicyclic amines) is 1. The van der Waals surface area contributed by atoms with E-state index in [4.69, 9.17) is 63.1 Å². The molecule has 1 fully saturated rings. The summed E-state index contributed by atoms with van der Waals surface area (Å²) in [4.78, 5) is 173. The fraction of sp³-hybridized carbons (Fsp3) is 0.597. The molecule has 11 atom stereocenters. The van der Waals surface area contributed by atoms with Crippen LogP contribution in [0.1, 0.15) is 135 Å². The van der Waals surface area contributed by atoms with Crippen LogP contribution >= 0.6 is 0 Å². The van der Waals surface area contributed by atoms with E-state index >= 15 is 0 Å². The summed E-state index contributed by atoms with van der Waals surface area (Å²) >= 11 is 0. The Bertz CT molecular complexity index is 3230. The van der Waals surface area contributed by atoms with Crippen molar-refractivity contribution in [1.29, 1.82) is 0 Å². The number of phenols is 1. The molecule has 578 valence electrons. The minimum atomic E-state index is -1.47. The fourth-order valence-corrected chi connectivity index (χ4v) is 11.2. The van der Waals surface area contributed by atoms with Crippen LogP contribution in [-0.4, -0.2) is 205 Å². The van der Waals surface area contributed by atoms with Crippen LogP contribution in [0.2, 0.25) is 0 Å². The summed E-state index contributed by atoms with van der Waals surface area (Å²) in [7, 11) is 0. The summed E-state index contributed by atoms with van der Waals surface area (Å²) in [5.41, 5.74) is 63.5. The Morgan fingerprint density at radius 1 is 0.490 bits per heavy atom. The third-order valence-corrected chi connectivity index (χ3v) is 17.0. The zero-order valence-electron chi connectivity index (χ0n) is 60.1. The zero-order valence-corrected chi connectivity index (χ0v) is 60.1. The van der Waals surface area contributed by atoms with Gasteiger partial charge in [0.15, 0.2) is 23.8 Å². The van der Waals surface area contributed by atoms with E-state index in [1.165, 1.54) is 17.0 Å². The Kier molecular flexibility index (Phi) is 39.5. The van der Waals surface area contributed by atoms with Crippen molar-refractivity contribution in [2.45, 2.75) is 197 Å². The maximum atomic E-state index is 14.9. The van der Waals surface area contributed by atoms with Gasteiger partial charge in [0.25, 0.3) is 0 Å². The van der Waals surface area contributed by atoms with Gasteiger partial charge >= 0.3 is 0 Å². The number of guanidine groups is 4. The number of phenolic OH excluding ortho intramolecular Hbond substituents is 1. The molecule has 11 amide bonds. The van der Waals surface area contributed by atoms with Crippen molar-refractivity contribution in [3.63, 3.8) is 0 Å². The molecule has 37 heteroatoms. The lowest BCUT2D eigenvalue weighted by Crippen LogP contribution is -2.61. The minimum absolute atomic E-state index is 0.00992. The second-order valence-corrected chi connectivity index (χ2v) is 26.0. The van der Waals surface area contributed by atoms with Gasteiger partial charge in [-0.2, -0.15) is 0 Å². The minimum Gasteiger partial charge on any atom is -0.508 e. The van der Waals surface area contributed by atoms with Crippen molar-refractivity contribution in [3.8, 4) is 5.75 Å². The van der Waals surface area contributed by atoms with Gasteiger partial charge in [-0.15, -0.1) is 0 Å². The van der Waals surface area contributed by atoms with E-state index < -0.39 is 138 Å². The van der Waals surface area contributed by atoms with Gasteiger partial charge in [-0.3, -0.25) is 72.7 Å². The highest BCUT2D eigenvalue weighted by molar-refractivity contribution is 5.99. The number of amides is 11. The molecule has 0 spiro atoms.